The number of carboxylic acids is 1. The normalized spacial score (nSPS) is 14.5. The Morgan fingerprint density at radius 2 is 1.55 bits per heavy atom. The van der Waals surface area contributed by atoms with E-state index in [0.29, 0.717) is 0 Å². The molecular formula is C25H30N2O6. The monoisotopic (exact) mass is 454 g/mol. The van der Waals surface area contributed by atoms with Crippen LogP contribution < -0.4 is 10.6 Å². The highest BCUT2D eigenvalue weighted by Gasteiger charge is 2.33. The number of rotatable bonds is 9. The van der Waals surface area contributed by atoms with Gasteiger partial charge in [0.15, 0.2) is 0 Å². The average molecular weight is 455 g/mol. The molecule has 33 heavy (non-hydrogen) atoms. The summed E-state index contributed by atoms with van der Waals surface area (Å²) in [7, 11) is 1.50. The molecule has 8 heteroatoms. The number of benzene rings is 2. The molecule has 2 aromatic rings. The molecule has 2 atom stereocenters. The smallest absolute Gasteiger partial charge is 0.407 e. The van der Waals surface area contributed by atoms with Gasteiger partial charge in [0, 0.05) is 19.4 Å². The minimum absolute atomic E-state index is 0.105. The molecule has 0 heterocycles. The van der Waals surface area contributed by atoms with Crippen LogP contribution in [0.5, 0.6) is 0 Å². The Bertz CT molecular complexity index is 990. The second kappa shape index (κ2) is 10.0. The van der Waals surface area contributed by atoms with Crippen LogP contribution in [0.1, 0.15) is 44.2 Å². The van der Waals surface area contributed by atoms with Crippen LogP contribution in [0.2, 0.25) is 0 Å². The van der Waals surface area contributed by atoms with Crippen molar-refractivity contribution in [2.24, 2.45) is 0 Å². The zero-order valence-corrected chi connectivity index (χ0v) is 19.3. The molecule has 0 aromatic heterocycles. The molecule has 1 aliphatic rings. The minimum atomic E-state index is -1.17. The van der Waals surface area contributed by atoms with Gasteiger partial charge in [-0.25, -0.2) is 4.79 Å². The van der Waals surface area contributed by atoms with Crippen LogP contribution in [0.4, 0.5) is 4.79 Å². The Hall–Kier alpha value is -3.39. The van der Waals surface area contributed by atoms with Crippen molar-refractivity contribution in [3.05, 3.63) is 59.7 Å². The maximum Gasteiger partial charge on any atom is 0.407 e. The van der Waals surface area contributed by atoms with Gasteiger partial charge in [0.25, 0.3) is 0 Å². The third kappa shape index (κ3) is 5.70. The van der Waals surface area contributed by atoms with Gasteiger partial charge in [-0.3, -0.25) is 9.59 Å². The van der Waals surface area contributed by atoms with Crippen molar-refractivity contribution < 1.29 is 29.0 Å². The van der Waals surface area contributed by atoms with Crippen LogP contribution in [0.15, 0.2) is 48.5 Å². The zero-order valence-electron chi connectivity index (χ0n) is 19.3. The third-order valence-electron chi connectivity index (χ3n) is 5.93. The summed E-state index contributed by atoms with van der Waals surface area (Å²) in [5.74, 6) is -1.91. The van der Waals surface area contributed by atoms with Crippen LogP contribution in [-0.4, -0.2) is 54.5 Å². The lowest BCUT2D eigenvalue weighted by Crippen LogP contribution is -2.53. The molecule has 0 fully saturated rings. The number of fused-ring (bicyclic) bond motifs is 3. The van der Waals surface area contributed by atoms with Crippen molar-refractivity contribution in [2.45, 2.75) is 50.8 Å². The molecule has 0 radical (unpaired) electrons. The Kier molecular flexibility index (Phi) is 7.38. The standard InChI is InChI=1S/C25H30N2O6/c1-15(23(29)30)26-22(28)21(13-25(2,3)32-4)27-24(31)33-14-20-18-11-7-5-9-16(18)17-10-6-8-12-19(17)20/h5-12,15,20-21H,13-14H2,1-4H3,(H,26,28)(H,27,31)(H,29,30)/t15-,21?/m1/s1. The first-order valence-corrected chi connectivity index (χ1v) is 10.8. The van der Waals surface area contributed by atoms with Crippen LogP contribution in [0, 0.1) is 0 Å². The molecule has 1 aliphatic carbocycles. The summed E-state index contributed by atoms with van der Waals surface area (Å²) in [4.78, 5) is 36.5. The number of nitrogens with one attached hydrogen (secondary N) is 2. The predicted octanol–water partition coefficient (Wildman–Crippen LogP) is 3.30. The van der Waals surface area contributed by atoms with E-state index in [1.54, 1.807) is 13.8 Å². The molecular weight excluding hydrogens is 424 g/mol. The van der Waals surface area contributed by atoms with E-state index in [4.69, 9.17) is 14.6 Å². The maximum absolute atomic E-state index is 12.7. The Balaban J connectivity index is 1.70. The zero-order chi connectivity index (χ0) is 24.2. The molecule has 0 aliphatic heterocycles. The third-order valence-corrected chi connectivity index (χ3v) is 5.93. The number of ether oxygens (including phenoxy) is 2. The number of hydrogen-bond donors (Lipinski definition) is 3. The van der Waals surface area contributed by atoms with Gasteiger partial charge in [0.2, 0.25) is 5.91 Å². The Morgan fingerprint density at radius 1 is 1.00 bits per heavy atom. The van der Waals surface area contributed by atoms with Gasteiger partial charge in [-0.1, -0.05) is 48.5 Å². The molecule has 8 nitrogen and oxygen atoms in total. The number of carbonyl (C=O) groups excluding carboxylic acids is 2. The summed E-state index contributed by atoms with van der Waals surface area (Å²) in [5.41, 5.74) is 3.66. The molecule has 0 bridgehead atoms. The quantitative estimate of drug-likeness (QED) is 0.536. The number of amides is 2. The summed E-state index contributed by atoms with van der Waals surface area (Å²) in [5, 5.41) is 14.1. The summed E-state index contributed by atoms with van der Waals surface area (Å²) >= 11 is 0. The van der Waals surface area contributed by atoms with E-state index in [0.717, 1.165) is 22.3 Å². The number of hydrogen-bond acceptors (Lipinski definition) is 5. The summed E-state index contributed by atoms with van der Waals surface area (Å²) in [6.45, 7) is 5.00. The molecule has 3 N–H and O–H groups in total. The lowest BCUT2D eigenvalue weighted by Gasteiger charge is -2.29. The molecule has 0 spiro atoms. The van der Waals surface area contributed by atoms with Gasteiger partial charge in [-0.05, 0) is 43.0 Å². The largest absolute Gasteiger partial charge is 0.480 e. The van der Waals surface area contributed by atoms with Gasteiger partial charge in [-0.2, -0.15) is 0 Å². The van der Waals surface area contributed by atoms with Crippen molar-refractivity contribution in [1.29, 1.82) is 0 Å². The summed E-state index contributed by atoms with van der Waals surface area (Å²) in [6, 6.07) is 13.9. The number of alkyl carbamates (subject to hydrolysis) is 1. The summed E-state index contributed by atoms with van der Waals surface area (Å²) in [6.07, 6.45) is -0.627. The van der Waals surface area contributed by atoms with Crippen LogP contribution in [0.25, 0.3) is 11.1 Å². The molecule has 3 rings (SSSR count). The van der Waals surface area contributed by atoms with Crippen LogP contribution >= 0.6 is 0 Å². The Labute approximate surface area is 193 Å². The van der Waals surface area contributed by atoms with Crippen molar-refractivity contribution in [2.75, 3.05) is 13.7 Å². The fourth-order valence-corrected chi connectivity index (χ4v) is 3.94. The molecule has 1 unspecified atom stereocenters. The molecule has 176 valence electrons. The number of carbonyl (C=O) groups is 3. The van der Waals surface area contributed by atoms with E-state index in [2.05, 4.69) is 10.6 Å². The first-order chi connectivity index (χ1) is 15.6. The van der Waals surface area contributed by atoms with E-state index >= 15 is 0 Å². The number of aliphatic carboxylic acids is 1. The molecule has 0 saturated carbocycles. The van der Waals surface area contributed by atoms with Gasteiger partial charge < -0.3 is 25.2 Å². The molecule has 2 aromatic carbocycles. The van der Waals surface area contributed by atoms with Crippen LogP contribution in [0.3, 0.4) is 0 Å². The fraction of sp³-hybridized carbons (Fsp3) is 0.400. The lowest BCUT2D eigenvalue weighted by atomic mass is 9.98. The predicted molar refractivity (Wildman–Crippen MR) is 123 cm³/mol. The highest BCUT2D eigenvalue weighted by atomic mass is 16.5. The van der Waals surface area contributed by atoms with Gasteiger partial charge >= 0.3 is 12.1 Å². The molecule has 2 amide bonds. The number of methoxy groups -OCH3 is 1. The second-order valence-corrected chi connectivity index (χ2v) is 8.76. The van der Waals surface area contributed by atoms with Crippen molar-refractivity contribution in [3.8, 4) is 11.1 Å². The van der Waals surface area contributed by atoms with E-state index in [-0.39, 0.29) is 18.9 Å². The van der Waals surface area contributed by atoms with Crippen molar-refractivity contribution in [1.82, 2.24) is 10.6 Å². The maximum atomic E-state index is 12.7. The SMILES string of the molecule is COC(C)(C)CC(NC(=O)OCC1c2ccccc2-c2ccccc21)C(=O)N[C@H](C)C(=O)O. The topological polar surface area (TPSA) is 114 Å². The molecule has 0 saturated heterocycles. The van der Waals surface area contributed by atoms with Gasteiger partial charge in [0.1, 0.15) is 18.7 Å². The van der Waals surface area contributed by atoms with Crippen LogP contribution in [-0.2, 0) is 19.1 Å². The van der Waals surface area contributed by atoms with E-state index < -0.39 is 35.7 Å². The number of carboxylic acid groups (broad SMARTS) is 1. The fourth-order valence-electron chi connectivity index (χ4n) is 3.94. The van der Waals surface area contributed by atoms with Crippen molar-refractivity contribution >= 4 is 18.0 Å². The van der Waals surface area contributed by atoms with Crippen molar-refractivity contribution in [3.63, 3.8) is 0 Å². The summed E-state index contributed by atoms with van der Waals surface area (Å²) < 4.78 is 10.9. The minimum Gasteiger partial charge on any atom is -0.480 e. The Morgan fingerprint density at radius 3 is 2.06 bits per heavy atom. The van der Waals surface area contributed by atoms with E-state index in [1.165, 1.54) is 14.0 Å². The van der Waals surface area contributed by atoms with E-state index in [1.807, 2.05) is 48.5 Å². The van der Waals surface area contributed by atoms with Gasteiger partial charge in [0.05, 0.1) is 5.60 Å². The highest BCUT2D eigenvalue weighted by molar-refractivity contribution is 5.89. The van der Waals surface area contributed by atoms with E-state index in [9.17, 15) is 14.4 Å². The first kappa shape index (κ1) is 24.3. The second-order valence-electron chi connectivity index (χ2n) is 8.76. The first-order valence-electron chi connectivity index (χ1n) is 10.8. The van der Waals surface area contributed by atoms with Gasteiger partial charge in [-0.15, -0.1) is 0 Å². The highest BCUT2D eigenvalue weighted by Crippen LogP contribution is 2.44. The average Bonchev–Trinajstić information content (AvgIpc) is 3.10. The lowest BCUT2D eigenvalue weighted by molar-refractivity contribution is -0.141.